The molecule has 0 saturated carbocycles. The lowest BCUT2D eigenvalue weighted by Gasteiger charge is -2.37. The Kier molecular flexibility index (Phi) is 9.28. The van der Waals surface area contributed by atoms with Crippen molar-refractivity contribution in [2.45, 2.75) is 5.41 Å². The SMILES string of the molecule is c1ccc(C(c2ccccc2)(c2ccccc2)c2ccc(N(c3ccc(-c4cccc5c4sc4ccccc45)cc3)c3cccc(-c4ccc5oc6ccccc6c5c4)c3)cc2)cc1. The van der Waals surface area contributed by atoms with Crippen molar-refractivity contribution in [3.63, 3.8) is 0 Å². The molecule has 0 bridgehead atoms. The zero-order valence-electron chi connectivity index (χ0n) is 34.9. The fourth-order valence-electron chi connectivity index (χ4n) is 9.87. The van der Waals surface area contributed by atoms with Crippen molar-refractivity contribution in [3.05, 3.63) is 271 Å². The van der Waals surface area contributed by atoms with Gasteiger partial charge in [0.2, 0.25) is 0 Å². The van der Waals surface area contributed by atoms with E-state index in [1.54, 1.807) is 0 Å². The van der Waals surface area contributed by atoms with Crippen molar-refractivity contribution in [2.75, 3.05) is 4.90 Å². The van der Waals surface area contributed by atoms with Crippen molar-refractivity contribution in [3.8, 4) is 22.3 Å². The molecule has 0 unspecified atom stereocenters. The minimum Gasteiger partial charge on any atom is -0.456 e. The summed E-state index contributed by atoms with van der Waals surface area (Å²) < 4.78 is 8.84. The third-order valence-corrected chi connectivity index (χ3v) is 14.1. The number of fused-ring (bicyclic) bond motifs is 6. The summed E-state index contributed by atoms with van der Waals surface area (Å²) in [5, 5.41) is 4.86. The molecule has 0 radical (unpaired) electrons. The van der Waals surface area contributed by atoms with Gasteiger partial charge >= 0.3 is 0 Å². The number of para-hydroxylation sites is 1. The molecule has 0 amide bonds. The minimum atomic E-state index is -0.543. The zero-order valence-corrected chi connectivity index (χ0v) is 35.8. The maximum absolute atomic E-state index is 6.21. The molecule has 302 valence electrons. The molecule has 12 aromatic rings. The van der Waals surface area contributed by atoms with E-state index in [0.717, 1.165) is 50.1 Å². The van der Waals surface area contributed by atoms with Crippen LogP contribution in [0.2, 0.25) is 0 Å². The maximum atomic E-state index is 6.21. The molecule has 0 aliphatic heterocycles. The van der Waals surface area contributed by atoms with E-state index in [1.165, 1.54) is 53.6 Å². The van der Waals surface area contributed by atoms with E-state index in [-0.39, 0.29) is 0 Å². The average Bonchev–Trinajstić information content (AvgIpc) is 3.95. The van der Waals surface area contributed by atoms with E-state index in [2.05, 4.69) is 241 Å². The normalized spacial score (nSPS) is 11.8. The first-order chi connectivity index (χ1) is 31.7. The average molecular weight is 836 g/mol. The molecule has 0 aliphatic rings. The van der Waals surface area contributed by atoms with E-state index >= 15 is 0 Å². The molecule has 0 aliphatic carbocycles. The zero-order chi connectivity index (χ0) is 42.5. The molecule has 0 fully saturated rings. The first-order valence-electron chi connectivity index (χ1n) is 21.8. The molecule has 0 atom stereocenters. The van der Waals surface area contributed by atoms with Crippen LogP contribution in [0.25, 0.3) is 64.4 Å². The van der Waals surface area contributed by atoms with Gasteiger partial charge in [-0.25, -0.2) is 0 Å². The van der Waals surface area contributed by atoms with E-state index < -0.39 is 5.41 Å². The van der Waals surface area contributed by atoms with E-state index in [1.807, 2.05) is 23.5 Å². The summed E-state index contributed by atoms with van der Waals surface area (Å²) in [7, 11) is 0. The smallest absolute Gasteiger partial charge is 0.135 e. The molecule has 10 aromatic carbocycles. The Bertz CT molecular complexity index is 3490. The van der Waals surface area contributed by atoms with Crippen LogP contribution in [0.15, 0.2) is 253 Å². The highest BCUT2D eigenvalue weighted by Crippen LogP contribution is 2.47. The lowest BCUT2D eigenvalue weighted by Crippen LogP contribution is -2.31. The van der Waals surface area contributed by atoms with Gasteiger partial charge in [0, 0.05) is 48.0 Å². The van der Waals surface area contributed by atoms with Crippen molar-refractivity contribution >= 4 is 70.5 Å². The van der Waals surface area contributed by atoms with E-state index in [0.29, 0.717) is 0 Å². The summed E-state index contributed by atoms with van der Waals surface area (Å²) in [5.74, 6) is 0. The first kappa shape index (κ1) is 37.8. The van der Waals surface area contributed by atoms with Gasteiger partial charge in [-0.1, -0.05) is 188 Å². The largest absolute Gasteiger partial charge is 0.456 e. The molecule has 0 saturated heterocycles. The summed E-state index contributed by atoms with van der Waals surface area (Å²) in [4.78, 5) is 2.39. The fourth-order valence-corrected chi connectivity index (χ4v) is 11.1. The number of rotatable bonds is 9. The second kappa shape index (κ2) is 15.7. The highest BCUT2D eigenvalue weighted by Gasteiger charge is 2.38. The van der Waals surface area contributed by atoms with Crippen molar-refractivity contribution in [2.24, 2.45) is 0 Å². The highest BCUT2D eigenvalue weighted by atomic mass is 32.1. The van der Waals surface area contributed by atoms with Crippen LogP contribution in [0.1, 0.15) is 22.3 Å². The monoisotopic (exact) mass is 835 g/mol. The Morgan fingerprint density at radius 3 is 1.53 bits per heavy atom. The Morgan fingerprint density at radius 2 is 0.844 bits per heavy atom. The van der Waals surface area contributed by atoms with Crippen LogP contribution in [0.4, 0.5) is 17.1 Å². The van der Waals surface area contributed by atoms with Gasteiger partial charge in [0.1, 0.15) is 11.2 Å². The minimum absolute atomic E-state index is 0.543. The predicted molar refractivity (Wildman–Crippen MR) is 270 cm³/mol. The van der Waals surface area contributed by atoms with Crippen LogP contribution in [-0.4, -0.2) is 0 Å². The topological polar surface area (TPSA) is 16.4 Å². The Hall–Kier alpha value is -7.98. The number of hydrogen-bond acceptors (Lipinski definition) is 3. The Labute approximate surface area is 376 Å². The number of furan rings is 1. The van der Waals surface area contributed by atoms with Crippen LogP contribution < -0.4 is 4.90 Å². The van der Waals surface area contributed by atoms with Crippen molar-refractivity contribution < 1.29 is 4.42 Å². The van der Waals surface area contributed by atoms with Gasteiger partial charge in [-0.2, -0.15) is 0 Å². The number of hydrogen-bond donors (Lipinski definition) is 0. The van der Waals surface area contributed by atoms with Gasteiger partial charge in [-0.05, 0) is 105 Å². The van der Waals surface area contributed by atoms with Gasteiger partial charge in [0.15, 0.2) is 0 Å². The first-order valence-corrected chi connectivity index (χ1v) is 22.6. The standard InChI is InChI=1S/C61H41NOS/c1-4-17-45(18-5-1)61(46-19-6-2-7-20-46,47-21-8-3-9-22-47)48-33-37-50(38-34-48)62(49-35-30-42(31-36-49)52-26-15-27-55-54-25-11-13-29-59(54)64-60(52)55)51-23-14-16-43(40-51)44-32-39-58-56(41-44)53-24-10-12-28-57(53)63-58/h1-41H. The van der Waals surface area contributed by atoms with Crippen LogP contribution in [0, 0.1) is 0 Å². The maximum Gasteiger partial charge on any atom is 0.135 e. The lowest BCUT2D eigenvalue weighted by atomic mass is 9.65. The summed E-state index contributed by atoms with van der Waals surface area (Å²) in [6.45, 7) is 0. The number of anilines is 3. The second-order valence-electron chi connectivity index (χ2n) is 16.4. The van der Waals surface area contributed by atoms with E-state index in [4.69, 9.17) is 4.42 Å². The Morgan fingerprint density at radius 1 is 0.328 bits per heavy atom. The van der Waals surface area contributed by atoms with Gasteiger partial charge in [-0.15, -0.1) is 11.3 Å². The molecule has 0 N–H and O–H groups in total. The second-order valence-corrected chi connectivity index (χ2v) is 17.5. The van der Waals surface area contributed by atoms with Crippen LogP contribution in [0.3, 0.4) is 0 Å². The molecule has 2 aromatic heterocycles. The van der Waals surface area contributed by atoms with Crippen LogP contribution >= 0.6 is 11.3 Å². The molecular formula is C61H41NOS. The predicted octanol–water partition coefficient (Wildman–Crippen LogP) is 17.1. The van der Waals surface area contributed by atoms with Crippen LogP contribution in [0.5, 0.6) is 0 Å². The molecule has 2 heterocycles. The van der Waals surface area contributed by atoms with Crippen molar-refractivity contribution in [1.82, 2.24) is 0 Å². The van der Waals surface area contributed by atoms with Gasteiger partial charge < -0.3 is 9.32 Å². The highest BCUT2D eigenvalue weighted by molar-refractivity contribution is 7.26. The molecule has 12 rings (SSSR count). The third-order valence-electron chi connectivity index (χ3n) is 12.8. The van der Waals surface area contributed by atoms with E-state index in [9.17, 15) is 0 Å². The number of thiophene rings is 1. The summed E-state index contributed by atoms with van der Waals surface area (Å²) in [6.07, 6.45) is 0. The van der Waals surface area contributed by atoms with Gasteiger partial charge in [0.25, 0.3) is 0 Å². The van der Waals surface area contributed by atoms with Crippen molar-refractivity contribution in [1.29, 1.82) is 0 Å². The summed E-state index contributed by atoms with van der Waals surface area (Å²) in [6, 6.07) is 90.2. The quantitative estimate of drug-likeness (QED) is 0.135. The molecule has 0 spiro atoms. The lowest BCUT2D eigenvalue weighted by molar-refractivity contribution is 0.669. The summed E-state index contributed by atoms with van der Waals surface area (Å²) in [5.41, 5.74) is 14.1. The number of nitrogens with zero attached hydrogens (tertiary/aromatic N) is 1. The summed E-state index contributed by atoms with van der Waals surface area (Å²) >= 11 is 1.87. The Balaban J connectivity index is 1.01. The number of benzene rings is 10. The molecule has 64 heavy (non-hydrogen) atoms. The molecule has 2 nitrogen and oxygen atoms in total. The fraction of sp³-hybridized carbons (Fsp3) is 0.0164. The van der Waals surface area contributed by atoms with Gasteiger partial charge in [-0.3, -0.25) is 0 Å². The van der Waals surface area contributed by atoms with Gasteiger partial charge in [0.05, 0.1) is 5.41 Å². The molecule has 3 heteroatoms. The molecular weight excluding hydrogens is 795 g/mol. The third kappa shape index (κ3) is 6.32. The van der Waals surface area contributed by atoms with Crippen LogP contribution in [-0.2, 0) is 5.41 Å².